The van der Waals surface area contributed by atoms with Gasteiger partial charge in [0.05, 0.1) is 16.4 Å². The van der Waals surface area contributed by atoms with Gasteiger partial charge in [-0.3, -0.25) is 0 Å². The molecule has 0 unspecified atom stereocenters. The maximum Gasteiger partial charge on any atom is 0.183 e. The number of aromatic nitrogens is 5. The van der Waals surface area contributed by atoms with E-state index in [1.54, 1.807) is 24.2 Å². The predicted octanol–water partition coefficient (Wildman–Crippen LogP) is 2.53. The first-order valence-electron chi connectivity index (χ1n) is 5.96. The van der Waals surface area contributed by atoms with Crippen molar-refractivity contribution in [2.24, 2.45) is 0 Å². The fourth-order valence-electron chi connectivity index (χ4n) is 1.72. The highest BCUT2D eigenvalue weighted by Crippen LogP contribution is 2.21. The zero-order valence-corrected chi connectivity index (χ0v) is 12.2. The minimum Gasteiger partial charge on any atom is -0.372 e. The Morgan fingerprint density at radius 3 is 2.70 bits per heavy atom. The normalized spacial score (nSPS) is 10.5. The van der Waals surface area contributed by atoms with Crippen molar-refractivity contribution in [1.29, 1.82) is 0 Å². The molecule has 0 saturated heterocycles. The Morgan fingerprint density at radius 1 is 1.15 bits per heavy atom. The smallest absolute Gasteiger partial charge is 0.183 e. The largest absolute Gasteiger partial charge is 0.372 e. The summed E-state index contributed by atoms with van der Waals surface area (Å²) in [4.78, 5) is 10.2. The van der Waals surface area contributed by atoms with Gasteiger partial charge in [0, 0.05) is 13.2 Å². The minimum absolute atomic E-state index is 0.528. The summed E-state index contributed by atoms with van der Waals surface area (Å²) < 4.78 is 0.805. The van der Waals surface area contributed by atoms with E-state index in [1.807, 2.05) is 30.3 Å². The Morgan fingerprint density at radius 2 is 1.95 bits per heavy atom. The van der Waals surface area contributed by atoms with Gasteiger partial charge in [0.2, 0.25) is 0 Å². The molecule has 0 atom stereocenters. The number of halogens is 1. The molecule has 0 fully saturated rings. The van der Waals surface area contributed by atoms with Crippen LogP contribution in [0.2, 0.25) is 0 Å². The average molecular weight is 331 g/mol. The lowest BCUT2D eigenvalue weighted by Crippen LogP contribution is -2.00. The molecule has 6 nitrogen and oxygen atoms in total. The van der Waals surface area contributed by atoms with E-state index in [2.05, 4.69) is 41.4 Å². The Bertz CT molecular complexity index is 725. The number of hydrogen-bond donors (Lipinski definition) is 1. The van der Waals surface area contributed by atoms with Crippen LogP contribution in [0.15, 0.2) is 47.2 Å². The lowest BCUT2D eigenvalue weighted by atomic mass is 10.3. The molecule has 2 heterocycles. The molecule has 1 aromatic carbocycles. The highest BCUT2D eigenvalue weighted by atomic mass is 79.9. The quantitative estimate of drug-likeness (QED) is 0.799. The van der Waals surface area contributed by atoms with Crippen LogP contribution in [0, 0.1) is 0 Å². The maximum absolute atomic E-state index is 4.39. The summed E-state index contributed by atoms with van der Waals surface area (Å²) in [6.07, 6.45) is 3.34. The molecule has 20 heavy (non-hydrogen) atoms. The Kier molecular flexibility index (Phi) is 3.42. The SMILES string of the molecule is CNc1nc(-c2cnn(-c3ccccc3)n2)ncc1Br. The van der Waals surface area contributed by atoms with E-state index < -0.39 is 0 Å². The molecule has 3 aromatic rings. The number of rotatable bonds is 3. The Balaban J connectivity index is 1.98. The first-order chi connectivity index (χ1) is 9.78. The van der Waals surface area contributed by atoms with E-state index in [0.29, 0.717) is 17.3 Å². The molecule has 0 radical (unpaired) electrons. The van der Waals surface area contributed by atoms with Crippen LogP contribution in [0.25, 0.3) is 17.2 Å². The molecule has 1 N–H and O–H groups in total. The monoisotopic (exact) mass is 330 g/mol. The third-order valence-electron chi connectivity index (χ3n) is 2.69. The molecular formula is C13H11BrN6. The number of nitrogens with one attached hydrogen (secondary N) is 1. The van der Waals surface area contributed by atoms with Crippen molar-refractivity contribution in [2.75, 3.05) is 12.4 Å². The van der Waals surface area contributed by atoms with Gasteiger partial charge in [0.15, 0.2) is 11.5 Å². The van der Waals surface area contributed by atoms with E-state index in [1.165, 1.54) is 0 Å². The number of anilines is 1. The highest BCUT2D eigenvalue weighted by Gasteiger charge is 2.10. The fourth-order valence-corrected chi connectivity index (χ4v) is 2.11. The van der Waals surface area contributed by atoms with Crippen molar-refractivity contribution >= 4 is 21.7 Å². The van der Waals surface area contributed by atoms with Gasteiger partial charge >= 0.3 is 0 Å². The van der Waals surface area contributed by atoms with Gasteiger partial charge in [-0.2, -0.15) is 9.90 Å². The number of hydrogen-bond acceptors (Lipinski definition) is 5. The number of nitrogens with zero attached hydrogens (tertiary/aromatic N) is 5. The lowest BCUT2D eigenvalue weighted by Gasteiger charge is -2.03. The third-order valence-corrected chi connectivity index (χ3v) is 3.27. The molecule has 0 aliphatic rings. The zero-order chi connectivity index (χ0) is 13.9. The molecule has 0 aliphatic heterocycles. The molecular weight excluding hydrogens is 320 g/mol. The van der Waals surface area contributed by atoms with E-state index in [9.17, 15) is 0 Å². The molecule has 0 saturated carbocycles. The van der Waals surface area contributed by atoms with Crippen molar-refractivity contribution in [2.45, 2.75) is 0 Å². The molecule has 100 valence electrons. The van der Waals surface area contributed by atoms with Crippen LogP contribution in [0.5, 0.6) is 0 Å². The van der Waals surface area contributed by atoms with Crippen LogP contribution in [-0.2, 0) is 0 Å². The summed E-state index contributed by atoms with van der Waals surface area (Å²) in [6, 6.07) is 9.70. The second kappa shape index (κ2) is 5.38. The van der Waals surface area contributed by atoms with Crippen LogP contribution < -0.4 is 5.32 Å². The van der Waals surface area contributed by atoms with E-state index in [4.69, 9.17) is 0 Å². The van der Waals surface area contributed by atoms with Crippen LogP contribution in [0.1, 0.15) is 0 Å². The van der Waals surface area contributed by atoms with Crippen LogP contribution in [0.4, 0.5) is 5.82 Å². The second-order valence-electron chi connectivity index (χ2n) is 3.99. The van der Waals surface area contributed by atoms with Crippen molar-refractivity contribution in [1.82, 2.24) is 25.0 Å². The highest BCUT2D eigenvalue weighted by molar-refractivity contribution is 9.10. The molecule has 0 aliphatic carbocycles. The van der Waals surface area contributed by atoms with E-state index >= 15 is 0 Å². The van der Waals surface area contributed by atoms with E-state index in [0.717, 1.165) is 10.2 Å². The van der Waals surface area contributed by atoms with Crippen molar-refractivity contribution in [3.05, 3.63) is 47.2 Å². The van der Waals surface area contributed by atoms with Gasteiger partial charge < -0.3 is 5.32 Å². The maximum atomic E-state index is 4.39. The van der Waals surface area contributed by atoms with Gasteiger partial charge in [-0.25, -0.2) is 9.97 Å². The van der Waals surface area contributed by atoms with Gasteiger partial charge in [0.25, 0.3) is 0 Å². The van der Waals surface area contributed by atoms with E-state index in [-0.39, 0.29) is 0 Å². The molecule has 3 rings (SSSR count). The number of para-hydroxylation sites is 1. The molecule has 0 bridgehead atoms. The van der Waals surface area contributed by atoms with Crippen LogP contribution in [-0.4, -0.2) is 32.0 Å². The molecule has 0 amide bonds. The summed E-state index contributed by atoms with van der Waals surface area (Å²) in [7, 11) is 1.80. The number of benzene rings is 1. The first kappa shape index (κ1) is 12.7. The predicted molar refractivity (Wildman–Crippen MR) is 79.6 cm³/mol. The Labute approximate surface area is 124 Å². The molecule has 0 spiro atoms. The third kappa shape index (κ3) is 2.39. The lowest BCUT2D eigenvalue weighted by molar-refractivity contribution is 0.752. The minimum atomic E-state index is 0.528. The van der Waals surface area contributed by atoms with Crippen LogP contribution >= 0.6 is 15.9 Å². The second-order valence-corrected chi connectivity index (χ2v) is 4.85. The van der Waals surface area contributed by atoms with Gasteiger partial charge in [0.1, 0.15) is 5.82 Å². The fraction of sp³-hybridized carbons (Fsp3) is 0.0769. The Hall–Kier alpha value is -2.28. The summed E-state index contributed by atoms with van der Waals surface area (Å²) >= 11 is 3.38. The van der Waals surface area contributed by atoms with Gasteiger partial charge in [-0.1, -0.05) is 18.2 Å². The van der Waals surface area contributed by atoms with Crippen molar-refractivity contribution in [3.8, 4) is 17.2 Å². The average Bonchev–Trinajstić information content (AvgIpc) is 2.98. The van der Waals surface area contributed by atoms with Gasteiger partial charge in [-0.05, 0) is 28.1 Å². The first-order valence-corrected chi connectivity index (χ1v) is 6.75. The zero-order valence-electron chi connectivity index (χ0n) is 10.7. The van der Waals surface area contributed by atoms with Crippen molar-refractivity contribution < 1.29 is 0 Å². The summed E-state index contributed by atoms with van der Waals surface area (Å²) in [6.45, 7) is 0. The summed E-state index contributed by atoms with van der Waals surface area (Å²) in [5.74, 6) is 1.24. The molecule has 2 aromatic heterocycles. The van der Waals surface area contributed by atoms with Crippen LogP contribution in [0.3, 0.4) is 0 Å². The topological polar surface area (TPSA) is 68.5 Å². The molecule has 7 heteroatoms. The van der Waals surface area contributed by atoms with Crippen molar-refractivity contribution in [3.63, 3.8) is 0 Å². The van der Waals surface area contributed by atoms with Gasteiger partial charge in [-0.15, -0.1) is 5.10 Å². The summed E-state index contributed by atoms with van der Waals surface area (Å²) in [5, 5.41) is 11.6. The summed E-state index contributed by atoms with van der Waals surface area (Å²) in [5.41, 5.74) is 1.52. The standard InChI is InChI=1S/C13H11BrN6/c1-15-12-10(14)7-16-13(18-12)11-8-17-20(19-11)9-5-3-2-4-6-9/h2-8H,1H3,(H,15,16,18).